The van der Waals surface area contributed by atoms with Gasteiger partial charge in [0.1, 0.15) is 5.25 Å². The van der Waals surface area contributed by atoms with Crippen molar-refractivity contribution in [3.8, 4) is 0 Å². The first-order valence-electron chi connectivity index (χ1n) is 11.4. The molecule has 1 atom stereocenters. The maximum Gasteiger partial charge on any atom is 0.237 e. The van der Waals surface area contributed by atoms with Gasteiger partial charge in [-0.3, -0.25) is 4.79 Å². The van der Waals surface area contributed by atoms with Crippen LogP contribution in [0.15, 0.2) is 65.6 Å². The molecule has 3 heteroatoms. The predicted octanol–water partition coefficient (Wildman–Crippen LogP) is 7.56. The SMILES string of the molecule is CCCCCCCCCCCCNC(=O)C(Sc1ccccc1)c1ccccc1. The number of amides is 1. The first-order chi connectivity index (χ1) is 14.3. The number of carbonyl (C=O) groups is 1. The van der Waals surface area contributed by atoms with Crippen LogP contribution in [0.3, 0.4) is 0 Å². The van der Waals surface area contributed by atoms with E-state index in [-0.39, 0.29) is 11.2 Å². The number of carbonyl (C=O) groups excluding carboxylic acids is 1. The molecule has 0 spiro atoms. The van der Waals surface area contributed by atoms with E-state index in [0.29, 0.717) is 0 Å². The van der Waals surface area contributed by atoms with E-state index in [9.17, 15) is 4.79 Å². The van der Waals surface area contributed by atoms with E-state index < -0.39 is 0 Å². The van der Waals surface area contributed by atoms with Gasteiger partial charge in [-0.1, -0.05) is 113 Å². The van der Waals surface area contributed by atoms with Crippen LogP contribution in [-0.4, -0.2) is 12.5 Å². The maximum atomic E-state index is 12.9. The predicted molar refractivity (Wildman–Crippen MR) is 126 cm³/mol. The van der Waals surface area contributed by atoms with Crippen molar-refractivity contribution in [2.45, 2.75) is 81.3 Å². The topological polar surface area (TPSA) is 29.1 Å². The summed E-state index contributed by atoms with van der Waals surface area (Å²) in [7, 11) is 0. The minimum Gasteiger partial charge on any atom is -0.355 e. The van der Waals surface area contributed by atoms with Gasteiger partial charge in [0, 0.05) is 11.4 Å². The molecule has 0 bridgehead atoms. The average molecular weight is 412 g/mol. The highest BCUT2D eigenvalue weighted by Crippen LogP contribution is 2.35. The molecule has 158 valence electrons. The van der Waals surface area contributed by atoms with E-state index in [0.717, 1.165) is 23.4 Å². The second-order valence-electron chi connectivity index (χ2n) is 7.69. The summed E-state index contributed by atoms with van der Waals surface area (Å²) in [6.45, 7) is 3.04. The van der Waals surface area contributed by atoms with Gasteiger partial charge in [0.15, 0.2) is 0 Å². The molecule has 1 amide bonds. The Morgan fingerprint density at radius 1 is 0.759 bits per heavy atom. The summed E-state index contributed by atoms with van der Waals surface area (Å²) in [6, 6.07) is 20.3. The van der Waals surface area contributed by atoms with E-state index in [2.05, 4.69) is 24.4 Å². The molecule has 2 aromatic carbocycles. The minimum atomic E-state index is -0.207. The summed E-state index contributed by atoms with van der Waals surface area (Å²) in [4.78, 5) is 14.0. The lowest BCUT2D eigenvalue weighted by Gasteiger charge is -2.17. The number of hydrogen-bond acceptors (Lipinski definition) is 2. The number of nitrogens with one attached hydrogen (secondary N) is 1. The van der Waals surface area contributed by atoms with E-state index in [4.69, 9.17) is 0 Å². The van der Waals surface area contributed by atoms with Gasteiger partial charge in [-0.05, 0) is 24.1 Å². The van der Waals surface area contributed by atoms with Gasteiger partial charge >= 0.3 is 0 Å². The van der Waals surface area contributed by atoms with Gasteiger partial charge in [-0.15, -0.1) is 11.8 Å². The molecular weight excluding hydrogens is 374 g/mol. The second-order valence-corrected chi connectivity index (χ2v) is 8.87. The summed E-state index contributed by atoms with van der Waals surface area (Å²) in [5, 5.41) is 2.96. The third-order valence-corrected chi connectivity index (χ3v) is 6.43. The third-order valence-electron chi connectivity index (χ3n) is 5.17. The molecule has 2 aromatic rings. The molecule has 0 radical (unpaired) electrons. The smallest absolute Gasteiger partial charge is 0.237 e. The number of hydrogen-bond donors (Lipinski definition) is 1. The zero-order chi connectivity index (χ0) is 20.6. The van der Waals surface area contributed by atoms with Gasteiger partial charge in [-0.2, -0.15) is 0 Å². The van der Waals surface area contributed by atoms with Crippen LogP contribution in [0, 0.1) is 0 Å². The summed E-state index contributed by atoms with van der Waals surface area (Å²) in [5.74, 6) is 0.112. The maximum absolute atomic E-state index is 12.9. The Bertz CT molecular complexity index is 659. The average Bonchev–Trinajstić information content (AvgIpc) is 2.77. The molecule has 0 heterocycles. The fourth-order valence-electron chi connectivity index (χ4n) is 3.45. The van der Waals surface area contributed by atoms with Crippen molar-refractivity contribution in [2.75, 3.05) is 6.54 Å². The Morgan fingerprint density at radius 3 is 1.86 bits per heavy atom. The van der Waals surface area contributed by atoms with Gasteiger partial charge < -0.3 is 5.32 Å². The lowest BCUT2D eigenvalue weighted by molar-refractivity contribution is -0.120. The lowest BCUT2D eigenvalue weighted by atomic mass is 10.1. The Kier molecular flexibility index (Phi) is 12.3. The number of benzene rings is 2. The highest BCUT2D eigenvalue weighted by Gasteiger charge is 2.21. The molecule has 2 nitrogen and oxygen atoms in total. The Balaban J connectivity index is 1.68. The fraction of sp³-hybridized carbons (Fsp3) is 0.500. The molecule has 2 rings (SSSR count). The lowest BCUT2D eigenvalue weighted by Crippen LogP contribution is -2.28. The summed E-state index contributed by atoms with van der Waals surface area (Å²) in [5.41, 5.74) is 1.06. The molecule has 29 heavy (non-hydrogen) atoms. The molecule has 1 unspecified atom stereocenters. The highest BCUT2D eigenvalue weighted by molar-refractivity contribution is 8.00. The molecule has 1 N–H and O–H groups in total. The first kappa shape index (κ1) is 23.5. The summed E-state index contributed by atoms with van der Waals surface area (Å²) < 4.78 is 0. The van der Waals surface area contributed by atoms with Crippen LogP contribution in [0.5, 0.6) is 0 Å². The van der Waals surface area contributed by atoms with Gasteiger partial charge in [0.25, 0.3) is 0 Å². The van der Waals surface area contributed by atoms with Crippen molar-refractivity contribution in [1.29, 1.82) is 0 Å². The normalized spacial score (nSPS) is 11.9. The monoisotopic (exact) mass is 411 g/mol. The van der Waals surface area contributed by atoms with Crippen molar-refractivity contribution in [3.63, 3.8) is 0 Å². The van der Waals surface area contributed by atoms with Crippen molar-refractivity contribution in [3.05, 3.63) is 66.2 Å². The van der Waals surface area contributed by atoms with Crippen LogP contribution in [0.25, 0.3) is 0 Å². The van der Waals surface area contributed by atoms with Gasteiger partial charge in [0.2, 0.25) is 5.91 Å². The number of thioether (sulfide) groups is 1. The molecule has 0 fully saturated rings. The van der Waals surface area contributed by atoms with Crippen LogP contribution in [-0.2, 0) is 4.79 Å². The largest absolute Gasteiger partial charge is 0.355 e. The van der Waals surface area contributed by atoms with E-state index in [1.54, 1.807) is 11.8 Å². The molecular formula is C26H37NOS. The van der Waals surface area contributed by atoms with E-state index in [1.165, 1.54) is 57.8 Å². The quantitative estimate of drug-likeness (QED) is 0.242. The van der Waals surface area contributed by atoms with Crippen LogP contribution in [0.4, 0.5) is 0 Å². The number of rotatable bonds is 15. The van der Waals surface area contributed by atoms with Crippen molar-refractivity contribution in [2.24, 2.45) is 0 Å². The van der Waals surface area contributed by atoms with Crippen molar-refractivity contribution in [1.82, 2.24) is 5.32 Å². The van der Waals surface area contributed by atoms with Gasteiger partial charge in [0.05, 0.1) is 0 Å². The van der Waals surface area contributed by atoms with Crippen LogP contribution >= 0.6 is 11.8 Å². The molecule has 0 aliphatic rings. The second kappa shape index (κ2) is 15.1. The Morgan fingerprint density at radius 2 is 1.28 bits per heavy atom. The molecule has 0 aliphatic carbocycles. The van der Waals surface area contributed by atoms with Crippen molar-refractivity contribution < 1.29 is 4.79 Å². The van der Waals surface area contributed by atoms with Crippen LogP contribution in [0.1, 0.15) is 81.9 Å². The molecule has 0 aliphatic heterocycles. The molecule has 0 saturated heterocycles. The van der Waals surface area contributed by atoms with Gasteiger partial charge in [-0.25, -0.2) is 0 Å². The van der Waals surface area contributed by atoms with Crippen LogP contribution in [0.2, 0.25) is 0 Å². The van der Waals surface area contributed by atoms with Crippen LogP contribution < -0.4 is 5.32 Å². The summed E-state index contributed by atoms with van der Waals surface area (Å²) >= 11 is 1.62. The minimum absolute atomic E-state index is 0.112. The Labute approximate surface area is 181 Å². The molecule has 0 aromatic heterocycles. The summed E-state index contributed by atoms with van der Waals surface area (Å²) in [6.07, 6.45) is 13.1. The number of unbranched alkanes of at least 4 members (excludes halogenated alkanes) is 9. The first-order valence-corrected chi connectivity index (χ1v) is 12.2. The fourth-order valence-corrected chi connectivity index (χ4v) is 4.52. The van der Waals surface area contributed by atoms with Crippen molar-refractivity contribution >= 4 is 17.7 Å². The Hall–Kier alpha value is -1.74. The standard InChI is InChI=1S/C26H37NOS/c1-2-3-4-5-6-7-8-9-10-17-22-27-26(28)25(23-18-13-11-14-19-23)29-24-20-15-12-16-21-24/h11-16,18-21,25H,2-10,17,22H2,1H3,(H,27,28). The third kappa shape index (κ3) is 10.0. The van der Waals surface area contributed by atoms with E-state index in [1.807, 2.05) is 48.5 Å². The van der Waals surface area contributed by atoms with E-state index >= 15 is 0 Å². The zero-order valence-electron chi connectivity index (χ0n) is 17.9. The zero-order valence-corrected chi connectivity index (χ0v) is 18.8. The molecule has 0 saturated carbocycles. The highest BCUT2D eigenvalue weighted by atomic mass is 32.2.